The molecular formula is C15H18N2O6. The quantitative estimate of drug-likeness (QED) is 0.872. The van der Waals surface area contributed by atoms with E-state index in [9.17, 15) is 19.5 Å². The molecule has 0 radical (unpaired) electrons. The van der Waals surface area contributed by atoms with Gasteiger partial charge in [0.15, 0.2) is 17.7 Å². The summed E-state index contributed by atoms with van der Waals surface area (Å²) >= 11 is 0. The number of hydrogen-bond acceptors (Lipinski definition) is 5. The van der Waals surface area contributed by atoms with Gasteiger partial charge in [-0.1, -0.05) is 0 Å². The van der Waals surface area contributed by atoms with E-state index in [2.05, 4.69) is 0 Å². The minimum Gasteiger partial charge on any atom is -0.488 e. The van der Waals surface area contributed by atoms with Crippen LogP contribution in [0.3, 0.4) is 0 Å². The van der Waals surface area contributed by atoms with Crippen LogP contribution in [-0.2, 0) is 11.3 Å². The van der Waals surface area contributed by atoms with Gasteiger partial charge in [-0.25, -0.2) is 4.79 Å². The van der Waals surface area contributed by atoms with Gasteiger partial charge in [0.05, 0.1) is 19.8 Å². The predicted octanol–water partition coefficient (Wildman–Crippen LogP) is 0.536. The molecule has 1 amide bonds. The lowest BCUT2D eigenvalue weighted by atomic mass is 10.1. The van der Waals surface area contributed by atoms with Gasteiger partial charge in [0.1, 0.15) is 5.56 Å². The molecule has 1 aromatic rings. The molecule has 0 aliphatic carbocycles. The highest BCUT2D eigenvalue weighted by molar-refractivity contribution is 5.98. The summed E-state index contributed by atoms with van der Waals surface area (Å²) in [6.07, 6.45) is 1.45. The smallest absolute Gasteiger partial charge is 0.341 e. The molecule has 1 N–H and O–H groups in total. The van der Waals surface area contributed by atoms with E-state index in [1.807, 2.05) is 6.92 Å². The van der Waals surface area contributed by atoms with Crippen molar-refractivity contribution in [3.8, 4) is 5.75 Å². The Bertz CT molecular complexity index is 725. The van der Waals surface area contributed by atoms with E-state index < -0.39 is 23.2 Å². The topological polar surface area (TPSA) is 98.1 Å². The number of carbonyl (C=O) groups is 2. The maximum absolute atomic E-state index is 12.8. The molecule has 1 aromatic heterocycles. The van der Waals surface area contributed by atoms with Crippen molar-refractivity contribution < 1.29 is 24.2 Å². The van der Waals surface area contributed by atoms with Crippen LogP contribution >= 0.6 is 0 Å². The molecule has 23 heavy (non-hydrogen) atoms. The molecule has 0 saturated carbocycles. The van der Waals surface area contributed by atoms with Crippen molar-refractivity contribution in [1.82, 2.24) is 9.47 Å². The van der Waals surface area contributed by atoms with Crippen LogP contribution in [-0.4, -0.2) is 51.9 Å². The number of fused-ring (bicyclic) bond motifs is 2. The number of carbonyl (C=O) groups excluding carboxylic acids is 1. The van der Waals surface area contributed by atoms with Crippen molar-refractivity contribution in [3.63, 3.8) is 0 Å². The highest BCUT2D eigenvalue weighted by Crippen LogP contribution is 2.29. The van der Waals surface area contributed by atoms with E-state index >= 15 is 0 Å². The summed E-state index contributed by atoms with van der Waals surface area (Å²) < 4.78 is 12.4. The molecule has 0 aromatic carbocycles. The Labute approximate surface area is 132 Å². The summed E-state index contributed by atoms with van der Waals surface area (Å²) in [5.41, 5.74) is -1.10. The van der Waals surface area contributed by atoms with E-state index in [4.69, 9.17) is 9.47 Å². The Morgan fingerprint density at radius 2 is 2.22 bits per heavy atom. The molecule has 0 bridgehead atoms. The van der Waals surface area contributed by atoms with Gasteiger partial charge in [-0.15, -0.1) is 0 Å². The Hall–Kier alpha value is -2.35. The molecule has 124 valence electrons. The standard InChI is InChI=1S/C15H18N2O6/c1-3-22-13-11-14(19)17-8(2)4-5-23-10(17)7-16(11)6-9(12(13)18)15(20)21/h6,8,10H,3-5,7H2,1-2H3,(H,20,21)/t8-,10-/m1/s1. The molecule has 0 spiro atoms. The molecular weight excluding hydrogens is 304 g/mol. The van der Waals surface area contributed by atoms with E-state index in [0.29, 0.717) is 13.0 Å². The molecule has 3 heterocycles. The second-order valence-corrected chi connectivity index (χ2v) is 5.62. The van der Waals surface area contributed by atoms with Crippen molar-refractivity contribution in [2.45, 2.75) is 39.1 Å². The predicted molar refractivity (Wildman–Crippen MR) is 78.8 cm³/mol. The van der Waals surface area contributed by atoms with Gasteiger partial charge in [-0.2, -0.15) is 0 Å². The molecule has 2 aliphatic rings. The number of nitrogens with zero attached hydrogens (tertiary/aromatic N) is 2. The van der Waals surface area contributed by atoms with Crippen LogP contribution in [0.4, 0.5) is 0 Å². The SMILES string of the molecule is CCOc1c2n(cc(C(=O)O)c1=O)C[C@H]1OCC[C@@H](C)N1C2=O. The summed E-state index contributed by atoms with van der Waals surface area (Å²) in [5.74, 6) is -1.92. The number of ether oxygens (including phenoxy) is 2. The normalized spacial score (nSPS) is 23.2. The first-order valence-corrected chi connectivity index (χ1v) is 7.53. The van der Waals surface area contributed by atoms with Crippen LogP contribution in [0.5, 0.6) is 5.75 Å². The maximum Gasteiger partial charge on any atom is 0.341 e. The van der Waals surface area contributed by atoms with Crippen LogP contribution in [0.25, 0.3) is 0 Å². The lowest BCUT2D eigenvalue weighted by Gasteiger charge is -2.44. The van der Waals surface area contributed by atoms with Crippen LogP contribution in [0.15, 0.2) is 11.0 Å². The third kappa shape index (κ3) is 2.39. The van der Waals surface area contributed by atoms with Gasteiger partial charge in [-0.05, 0) is 20.3 Å². The first-order chi connectivity index (χ1) is 11.0. The fourth-order valence-electron chi connectivity index (χ4n) is 3.07. The van der Waals surface area contributed by atoms with Crippen molar-refractivity contribution in [3.05, 3.63) is 27.7 Å². The molecule has 8 nitrogen and oxygen atoms in total. The molecule has 1 saturated heterocycles. The minimum atomic E-state index is -1.35. The molecule has 3 rings (SSSR count). The Kier molecular flexibility index (Phi) is 3.85. The number of hydrogen-bond donors (Lipinski definition) is 1. The number of carboxylic acids is 1. The fourth-order valence-corrected chi connectivity index (χ4v) is 3.07. The molecule has 8 heteroatoms. The minimum absolute atomic E-state index is 0.0151. The lowest BCUT2D eigenvalue weighted by Crippen LogP contribution is -2.57. The van der Waals surface area contributed by atoms with Gasteiger partial charge in [0, 0.05) is 12.2 Å². The summed E-state index contributed by atoms with van der Waals surface area (Å²) in [4.78, 5) is 38.1. The Morgan fingerprint density at radius 3 is 2.87 bits per heavy atom. The molecule has 2 atom stereocenters. The number of pyridine rings is 1. The first-order valence-electron chi connectivity index (χ1n) is 7.53. The number of aromatic nitrogens is 1. The second-order valence-electron chi connectivity index (χ2n) is 5.62. The zero-order valence-corrected chi connectivity index (χ0v) is 12.9. The van der Waals surface area contributed by atoms with Crippen LogP contribution < -0.4 is 10.2 Å². The van der Waals surface area contributed by atoms with Gasteiger partial charge in [0.25, 0.3) is 5.91 Å². The zero-order chi connectivity index (χ0) is 16.7. The first kappa shape index (κ1) is 15.5. The molecule has 2 aliphatic heterocycles. The number of amides is 1. The summed E-state index contributed by atoms with van der Waals surface area (Å²) in [6, 6.07) is -0.0151. The van der Waals surface area contributed by atoms with Gasteiger partial charge in [0.2, 0.25) is 5.43 Å². The third-order valence-corrected chi connectivity index (χ3v) is 4.18. The number of carboxylic acid groups (broad SMARTS) is 1. The van der Waals surface area contributed by atoms with Crippen molar-refractivity contribution >= 4 is 11.9 Å². The monoisotopic (exact) mass is 322 g/mol. The summed E-state index contributed by atoms with van der Waals surface area (Å²) in [6.45, 7) is 4.56. The largest absolute Gasteiger partial charge is 0.488 e. The Balaban J connectivity index is 2.20. The fraction of sp³-hybridized carbons (Fsp3) is 0.533. The van der Waals surface area contributed by atoms with Crippen LogP contribution in [0.2, 0.25) is 0 Å². The van der Waals surface area contributed by atoms with E-state index in [1.165, 1.54) is 10.8 Å². The summed E-state index contributed by atoms with van der Waals surface area (Å²) in [5, 5.41) is 9.20. The zero-order valence-electron chi connectivity index (χ0n) is 12.9. The number of aromatic carboxylic acids is 1. The van der Waals surface area contributed by atoms with Gasteiger partial charge < -0.3 is 24.0 Å². The van der Waals surface area contributed by atoms with Gasteiger partial charge in [-0.3, -0.25) is 9.59 Å². The average molecular weight is 322 g/mol. The second kappa shape index (κ2) is 5.69. The molecule has 0 unspecified atom stereocenters. The third-order valence-electron chi connectivity index (χ3n) is 4.18. The average Bonchev–Trinajstić information content (AvgIpc) is 2.49. The van der Waals surface area contributed by atoms with E-state index in [0.717, 1.165) is 0 Å². The summed E-state index contributed by atoms with van der Waals surface area (Å²) in [7, 11) is 0. The van der Waals surface area contributed by atoms with Gasteiger partial charge >= 0.3 is 5.97 Å². The highest BCUT2D eigenvalue weighted by atomic mass is 16.5. The van der Waals surface area contributed by atoms with Crippen molar-refractivity contribution in [2.24, 2.45) is 0 Å². The van der Waals surface area contributed by atoms with Crippen LogP contribution in [0, 0.1) is 0 Å². The van der Waals surface area contributed by atoms with Crippen molar-refractivity contribution in [2.75, 3.05) is 13.2 Å². The molecule has 1 fully saturated rings. The lowest BCUT2D eigenvalue weighted by molar-refractivity contribution is -0.112. The Morgan fingerprint density at radius 1 is 1.48 bits per heavy atom. The van der Waals surface area contributed by atoms with E-state index in [-0.39, 0.29) is 36.5 Å². The van der Waals surface area contributed by atoms with Crippen LogP contribution in [0.1, 0.15) is 41.1 Å². The maximum atomic E-state index is 12.8. The van der Waals surface area contributed by atoms with E-state index in [1.54, 1.807) is 11.8 Å². The highest BCUT2D eigenvalue weighted by Gasteiger charge is 2.41. The number of rotatable bonds is 3. The van der Waals surface area contributed by atoms with Crippen molar-refractivity contribution in [1.29, 1.82) is 0 Å².